The van der Waals surface area contributed by atoms with Crippen LogP contribution in [0, 0.1) is 13.0 Å². The van der Waals surface area contributed by atoms with Crippen molar-refractivity contribution in [3.05, 3.63) is 46.7 Å². The zero-order valence-electron chi connectivity index (χ0n) is 20.8. The number of aryl methyl sites for hydroxylation is 1. The Morgan fingerprint density at radius 2 is 1.57 bits per heavy atom. The second-order valence-electron chi connectivity index (χ2n) is 9.90. The van der Waals surface area contributed by atoms with E-state index in [1.54, 1.807) is 0 Å². The fourth-order valence-electron chi connectivity index (χ4n) is 2.80. The van der Waals surface area contributed by atoms with E-state index in [0.717, 1.165) is 12.0 Å². The van der Waals surface area contributed by atoms with E-state index in [2.05, 4.69) is 112 Å². The van der Waals surface area contributed by atoms with Gasteiger partial charge in [-0.15, -0.1) is 31.2 Å². The smallest absolute Gasteiger partial charge is 0.115 e. The molecule has 0 saturated carbocycles. The van der Waals surface area contributed by atoms with Crippen molar-refractivity contribution >= 4 is 50.7 Å². The van der Waals surface area contributed by atoms with Crippen LogP contribution >= 0.6 is 24.8 Å². The molecule has 0 heterocycles. The summed E-state index contributed by atoms with van der Waals surface area (Å²) in [6.45, 7) is 24.3. The molecule has 0 bridgehead atoms. The molecule has 0 aliphatic heterocycles. The van der Waals surface area contributed by atoms with E-state index < -0.39 is 16.9 Å². The SMILES string of the molecule is C[C](C)=[Ti+].C[Si](C)(C)C1=[C-]CC=C1.Cc1cc(O)c([Si](C)C)c(C(C)(C)C)c1.Cl.Cl. The molecule has 0 spiro atoms. The third-order valence-corrected chi connectivity index (χ3v) is 7.56. The summed E-state index contributed by atoms with van der Waals surface area (Å²) in [6.07, 6.45) is 8.82. The third kappa shape index (κ3) is 13.5. The molecule has 0 amide bonds. The number of hydrogen-bond acceptors (Lipinski definition) is 1. The Morgan fingerprint density at radius 3 is 1.83 bits per heavy atom. The molecule has 0 unspecified atom stereocenters. The van der Waals surface area contributed by atoms with Crippen LogP contribution < -0.4 is 5.19 Å². The first kappa shape index (κ1) is 34.7. The van der Waals surface area contributed by atoms with Crippen LogP contribution in [0.3, 0.4) is 0 Å². The van der Waals surface area contributed by atoms with Crippen LogP contribution in [0.4, 0.5) is 0 Å². The molecule has 1 aliphatic rings. The molecule has 30 heavy (non-hydrogen) atoms. The zero-order chi connectivity index (χ0) is 22.3. The Balaban J connectivity index is -0.000000417. The van der Waals surface area contributed by atoms with Crippen LogP contribution in [0.5, 0.6) is 5.75 Å². The van der Waals surface area contributed by atoms with Crippen molar-refractivity contribution < 1.29 is 25.1 Å². The Labute approximate surface area is 213 Å². The first-order chi connectivity index (χ1) is 12.6. The Kier molecular flexibility index (Phi) is 17.4. The molecule has 1 N–H and O–H groups in total. The van der Waals surface area contributed by atoms with E-state index in [1.807, 2.05) is 13.0 Å². The van der Waals surface area contributed by atoms with Crippen molar-refractivity contribution in [3.63, 3.8) is 0 Å². The van der Waals surface area contributed by atoms with Crippen molar-refractivity contribution in [2.45, 2.75) is 86.1 Å². The topological polar surface area (TPSA) is 20.2 Å². The van der Waals surface area contributed by atoms with E-state index in [9.17, 15) is 5.11 Å². The molecule has 1 aliphatic carbocycles. The predicted octanol–water partition coefficient (Wildman–Crippen LogP) is 7.10. The number of phenolic OH excluding ortho intramolecular Hbond substituents is 1. The number of benzene rings is 1. The Bertz CT molecular complexity index is 724. The van der Waals surface area contributed by atoms with Crippen LogP contribution in [0.1, 0.15) is 52.2 Å². The van der Waals surface area contributed by atoms with Gasteiger partial charge >= 0.3 is 37.6 Å². The first-order valence-electron chi connectivity index (χ1n) is 10.0. The standard InChI is InChI=1S/C13H21OSi.C8H13Si.C3H6.2ClH.Ti/c1-9-7-10(13(2,3)4)12(15(5)6)11(14)8-9;1-9(2,3)8-6-4-5-7-8;1-3-2;;;/h7-8,14H,1-6H3;4,6H,5H2,1-3H3;1-2H3;2*1H;/q;-1;;;;+1. The largest absolute Gasteiger partial charge is 0.508 e. The monoisotopic (exact) mass is 520 g/mol. The molecule has 2 rings (SSSR count). The summed E-state index contributed by atoms with van der Waals surface area (Å²) in [5.74, 6) is 0.485. The molecule has 1 aromatic carbocycles. The van der Waals surface area contributed by atoms with Gasteiger partial charge in [0.1, 0.15) is 5.75 Å². The summed E-state index contributed by atoms with van der Waals surface area (Å²) in [5, 5.41) is 12.7. The summed E-state index contributed by atoms with van der Waals surface area (Å²) >= 11 is 2.08. The van der Waals surface area contributed by atoms with E-state index >= 15 is 0 Å². The number of hydrogen-bond donors (Lipinski definition) is 1. The number of allylic oxidation sites excluding steroid dienone is 4. The van der Waals surface area contributed by atoms with Gasteiger partial charge in [-0.1, -0.05) is 59.6 Å². The van der Waals surface area contributed by atoms with Gasteiger partial charge in [-0.3, -0.25) is 6.08 Å². The Hall–Kier alpha value is 0.0981. The number of aromatic hydroxyl groups is 1. The van der Waals surface area contributed by atoms with Crippen LogP contribution in [0.25, 0.3) is 0 Å². The molecular formula is C24H42Cl2OSi2Ti. The number of rotatable bonds is 2. The average molecular weight is 522 g/mol. The molecule has 0 fully saturated rings. The minimum Gasteiger partial charge on any atom is -0.508 e. The van der Waals surface area contributed by atoms with Crippen molar-refractivity contribution in [2.75, 3.05) is 0 Å². The van der Waals surface area contributed by atoms with Crippen molar-refractivity contribution in [1.82, 2.24) is 0 Å². The quantitative estimate of drug-likeness (QED) is 0.325. The van der Waals surface area contributed by atoms with Gasteiger partial charge in [0, 0.05) is 8.07 Å². The third-order valence-electron chi connectivity index (χ3n) is 4.07. The van der Waals surface area contributed by atoms with Gasteiger partial charge < -0.3 is 5.11 Å². The van der Waals surface area contributed by atoms with Gasteiger partial charge in [0.2, 0.25) is 0 Å². The van der Waals surface area contributed by atoms with Crippen molar-refractivity contribution in [3.8, 4) is 5.75 Å². The van der Waals surface area contributed by atoms with Gasteiger partial charge in [0.25, 0.3) is 0 Å². The zero-order valence-corrected chi connectivity index (χ0v) is 26.0. The second-order valence-corrected chi connectivity index (χ2v) is 19.0. The summed E-state index contributed by atoms with van der Waals surface area (Å²) < 4.78 is 1.42. The first-order valence-corrected chi connectivity index (χ1v) is 16.8. The minimum absolute atomic E-state index is 0. The normalized spacial score (nSPS) is 12.5. The van der Waals surface area contributed by atoms with Crippen LogP contribution in [0.2, 0.25) is 32.7 Å². The van der Waals surface area contributed by atoms with E-state index in [1.165, 1.54) is 19.8 Å². The minimum atomic E-state index is -1.01. The maximum absolute atomic E-state index is 10.0. The fourth-order valence-corrected chi connectivity index (χ4v) is 5.62. The molecule has 0 aromatic heterocycles. The molecule has 1 nitrogen and oxygen atoms in total. The van der Waals surface area contributed by atoms with Gasteiger partial charge in [0.15, 0.2) is 0 Å². The van der Waals surface area contributed by atoms with E-state index in [0.29, 0.717) is 5.75 Å². The summed E-state index contributed by atoms with van der Waals surface area (Å²) in [4.78, 5) is 0. The summed E-state index contributed by atoms with van der Waals surface area (Å²) in [6, 6.07) is 4.09. The fraction of sp³-hybridized carbons (Fsp3) is 0.542. The molecular weight excluding hydrogens is 479 g/mol. The molecule has 170 valence electrons. The van der Waals surface area contributed by atoms with Gasteiger partial charge in [-0.2, -0.15) is 6.08 Å². The molecule has 6 heteroatoms. The van der Waals surface area contributed by atoms with Gasteiger partial charge in [0.05, 0.1) is 8.80 Å². The van der Waals surface area contributed by atoms with Crippen LogP contribution in [-0.2, 0) is 25.4 Å². The predicted molar refractivity (Wildman–Crippen MR) is 143 cm³/mol. The molecule has 1 radical (unpaired) electrons. The maximum atomic E-state index is 10.0. The summed E-state index contributed by atoms with van der Waals surface area (Å²) in [5.41, 5.74) is 2.56. The van der Waals surface area contributed by atoms with Gasteiger partial charge in [-0.25, -0.2) is 11.3 Å². The van der Waals surface area contributed by atoms with Crippen molar-refractivity contribution in [1.29, 1.82) is 0 Å². The maximum Gasteiger partial charge on any atom is 0.115 e. The second kappa shape index (κ2) is 15.0. The van der Waals surface area contributed by atoms with Gasteiger partial charge in [-0.05, 0) is 34.7 Å². The van der Waals surface area contributed by atoms with Crippen LogP contribution in [-0.4, -0.2) is 25.8 Å². The molecule has 1 aromatic rings. The number of halogens is 2. The van der Waals surface area contributed by atoms with E-state index in [4.69, 9.17) is 0 Å². The molecule has 0 saturated heterocycles. The van der Waals surface area contributed by atoms with Crippen LogP contribution in [0.15, 0.2) is 29.5 Å². The Morgan fingerprint density at radius 1 is 1.10 bits per heavy atom. The molecule has 0 atom stereocenters. The number of phenols is 1. The van der Waals surface area contributed by atoms with E-state index in [-0.39, 0.29) is 30.2 Å². The summed E-state index contributed by atoms with van der Waals surface area (Å²) in [7, 11) is -1.63. The average Bonchev–Trinajstić information content (AvgIpc) is 2.99. The van der Waals surface area contributed by atoms with Crippen molar-refractivity contribution in [2.24, 2.45) is 0 Å².